The highest BCUT2D eigenvalue weighted by molar-refractivity contribution is 4.97. The zero-order valence-electron chi connectivity index (χ0n) is 10.2. The summed E-state index contributed by atoms with van der Waals surface area (Å²) in [5, 5.41) is 12.5. The third-order valence-electron chi connectivity index (χ3n) is 3.42. The largest absolute Gasteiger partial charge is 0.305 e. The zero-order valence-corrected chi connectivity index (χ0v) is 10.2. The lowest BCUT2D eigenvalue weighted by Crippen LogP contribution is -2.42. The fourth-order valence-electron chi connectivity index (χ4n) is 2.21. The minimum absolute atomic E-state index is 0.0240. The van der Waals surface area contributed by atoms with Gasteiger partial charge in [0.15, 0.2) is 0 Å². The van der Waals surface area contributed by atoms with Gasteiger partial charge in [0.2, 0.25) is 0 Å². The zero-order chi connectivity index (χ0) is 11.4. The standard InChI is InChI=1S/C12H22N4/c1-15-5-2-6-16(8-7-15)10-12(9-13)14-11-3-4-11/h11-12,14H,2-8,10H2,1H3. The second-order valence-electron chi connectivity index (χ2n) is 5.08. The van der Waals surface area contributed by atoms with E-state index in [-0.39, 0.29) is 6.04 Å². The van der Waals surface area contributed by atoms with E-state index in [2.05, 4.69) is 28.2 Å². The number of nitrogens with zero attached hydrogens (tertiary/aromatic N) is 3. The van der Waals surface area contributed by atoms with Gasteiger partial charge in [-0.05, 0) is 39.4 Å². The van der Waals surface area contributed by atoms with Gasteiger partial charge in [-0.3, -0.25) is 10.2 Å². The molecule has 4 heteroatoms. The van der Waals surface area contributed by atoms with Gasteiger partial charge in [0, 0.05) is 25.7 Å². The second-order valence-corrected chi connectivity index (χ2v) is 5.08. The molecule has 0 bridgehead atoms. The Morgan fingerprint density at radius 3 is 2.81 bits per heavy atom. The van der Waals surface area contributed by atoms with Crippen LogP contribution in [0.15, 0.2) is 0 Å². The topological polar surface area (TPSA) is 42.3 Å². The van der Waals surface area contributed by atoms with E-state index < -0.39 is 0 Å². The van der Waals surface area contributed by atoms with Gasteiger partial charge in [0.25, 0.3) is 0 Å². The third-order valence-corrected chi connectivity index (χ3v) is 3.42. The van der Waals surface area contributed by atoms with Crippen LogP contribution in [0.2, 0.25) is 0 Å². The Hall–Kier alpha value is -0.630. The molecule has 0 radical (unpaired) electrons. The van der Waals surface area contributed by atoms with Crippen molar-refractivity contribution in [3.63, 3.8) is 0 Å². The van der Waals surface area contributed by atoms with E-state index in [1.807, 2.05) is 0 Å². The van der Waals surface area contributed by atoms with Crippen molar-refractivity contribution in [2.24, 2.45) is 0 Å². The summed E-state index contributed by atoms with van der Waals surface area (Å²) in [5.41, 5.74) is 0. The van der Waals surface area contributed by atoms with Crippen LogP contribution in [0.4, 0.5) is 0 Å². The highest BCUT2D eigenvalue weighted by atomic mass is 15.2. The molecular weight excluding hydrogens is 200 g/mol. The fourth-order valence-corrected chi connectivity index (χ4v) is 2.21. The van der Waals surface area contributed by atoms with Crippen molar-refractivity contribution in [1.82, 2.24) is 15.1 Å². The summed E-state index contributed by atoms with van der Waals surface area (Å²) in [7, 11) is 2.17. The Labute approximate surface area is 98.2 Å². The van der Waals surface area contributed by atoms with Gasteiger partial charge >= 0.3 is 0 Å². The van der Waals surface area contributed by atoms with Crippen molar-refractivity contribution in [1.29, 1.82) is 5.26 Å². The molecule has 1 saturated heterocycles. The molecule has 1 unspecified atom stereocenters. The molecule has 1 aliphatic heterocycles. The molecule has 1 saturated carbocycles. The number of hydrogen-bond acceptors (Lipinski definition) is 4. The first-order chi connectivity index (χ1) is 7.78. The quantitative estimate of drug-likeness (QED) is 0.741. The van der Waals surface area contributed by atoms with Crippen LogP contribution in [0.5, 0.6) is 0 Å². The molecule has 2 aliphatic rings. The Bertz CT molecular complexity index is 256. The van der Waals surface area contributed by atoms with Crippen LogP contribution in [-0.2, 0) is 0 Å². The minimum atomic E-state index is 0.0240. The van der Waals surface area contributed by atoms with Crippen LogP contribution in [-0.4, -0.2) is 61.7 Å². The van der Waals surface area contributed by atoms with Crippen molar-refractivity contribution in [3.8, 4) is 6.07 Å². The maximum absolute atomic E-state index is 9.11. The van der Waals surface area contributed by atoms with Crippen molar-refractivity contribution < 1.29 is 0 Å². The maximum atomic E-state index is 9.11. The van der Waals surface area contributed by atoms with E-state index in [1.165, 1.54) is 25.8 Å². The van der Waals surface area contributed by atoms with Gasteiger partial charge in [-0.15, -0.1) is 0 Å². The van der Waals surface area contributed by atoms with Gasteiger partial charge in [-0.2, -0.15) is 5.26 Å². The Morgan fingerprint density at radius 1 is 1.31 bits per heavy atom. The molecule has 0 amide bonds. The smallest absolute Gasteiger partial charge is 0.108 e. The van der Waals surface area contributed by atoms with Gasteiger partial charge in [-0.1, -0.05) is 0 Å². The fraction of sp³-hybridized carbons (Fsp3) is 0.917. The molecule has 1 atom stereocenters. The van der Waals surface area contributed by atoms with E-state index in [9.17, 15) is 0 Å². The summed E-state index contributed by atoms with van der Waals surface area (Å²) in [5.74, 6) is 0. The molecule has 0 aromatic carbocycles. The lowest BCUT2D eigenvalue weighted by Gasteiger charge is -2.23. The van der Waals surface area contributed by atoms with E-state index >= 15 is 0 Å². The third kappa shape index (κ3) is 3.75. The first-order valence-electron chi connectivity index (χ1n) is 6.34. The summed E-state index contributed by atoms with van der Waals surface area (Å²) in [6, 6.07) is 3.03. The number of rotatable bonds is 4. The summed E-state index contributed by atoms with van der Waals surface area (Å²) in [4.78, 5) is 4.79. The molecule has 90 valence electrons. The van der Waals surface area contributed by atoms with Crippen LogP contribution in [0.25, 0.3) is 0 Å². The summed E-state index contributed by atoms with van der Waals surface area (Å²) in [6.45, 7) is 5.43. The number of nitrogens with one attached hydrogen (secondary N) is 1. The van der Waals surface area contributed by atoms with E-state index in [1.54, 1.807) is 0 Å². The van der Waals surface area contributed by atoms with Crippen molar-refractivity contribution in [2.45, 2.75) is 31.3 Å². The Morgan fingerprint density at radius 2 is 2.12 bits per heavy atom. The van der Waals surface area contributed by atoms with Crippen molar-refractivity contribution in [3.05, 3.63) is 0 Å². The summed E-state index contributed by atoms with van der Waals surface area (Å²) in [6.07, 6.45) is 3.72. The molecule has 0 spiro atoms. The molecule has 1 N–H and O–H groups in total. The molecule has 0 aromatic heterocycles. The molecular formula is C12H22N4. The monoisotopic (exact) mass is 222 g/mol. The van der Waals surface area contributed by atoms with Gasteiger partial charge in [0.05, 0.1) is 6.07 Å². The van der Waals surface area contributed by atoms with Gasteiger partial charge in [0.1, 0.15) is 6.04 Å². The molecule has 4 nitrogen and oxygen atoms in total. The van der Waals surface area contributed by atoms with Crippen molar-refractivity contribution in [2.75, 3.05) is 39.8 Å². The Kier molecular flexibility index (Phi) is 4.16. The highest BCUT2D eigenvalue weighted by Crippen LogP contribution is 2.19. The van der Waals surface area contributed by atoms with Crippen LogP contribution in [0.3, 0.4) is 0 Å². The second kappa shape index (κ2) is 5.62. The van der Waals surface area contributed by atoms with Crippen LogP contribution < -0.4 is 5.32 Å². The minimum Gasteiger partial charge on any atom is -0.305 e. The SMILES string of the molecule is CN1CCCN(CC(C#N)NC2CC2)CC1. The van der Waals surface area contributed by atoms with E-state index in [4.69, 9.17) is 5.26 Å². The summed E-state index contributed by atoms with van der Waals surface area (Å²) < 4.78 is 0. The van der Waals surface area contributed by atoms with Gasteiger partial charge < -0.3 is 4.90 Å². The molecule has 16 heavy (non-hydrogen) atoms. The molecule has 2 fully saturated rings. The predicted molar refractivity (Wildman–Crippen MR) is 64.1 cm³/mol. The molecule has 2 rings (SSSR count). The normalized spacial score (nSPS) is 26.0. The van der Waals surface area contributed by atoms with Crippen LogP contribution in [0, 0.1) is 11.3 Å². The Balaban J connectivity index is 1.75. The number of nitriles is 1. The number of likely N-dealkylation sites (N-methyl/N-ethyl adjacent to an activating group) is 1. The summed E-state index contributed by atoms with van der Waals surface area (Å²) >= 11 is 0. The van der Waals surface area contributed by atoms with Crippen LogP contribution in [0.1, 0.15) is 19.3 Å². The maximum Gasteiger partial charge on any atom is 0.108 e. The number of hydrogen-bond donors (Lipinski definition) is 1. The average Bonchev–Trinajstić information content (AvgIpc) is 3.08. The molecule has 0 aromatic rings. The molecule has 1 aliphatic carbocycles. The lowest BCUT2D eigenvalue weighted by molar-refractivity contribution is 0.261. The van der Waals surface area contributed by atoms with E-state index in [0.29, 0.717) is 6.04 Å². The van der Waals surface area contributed by atoms with E-state index in [0.717, 1.165) is 26.2 Å². The van der Waals surface area contributed by atoms with Crippen LogP contribution >= 0.6 is 0 Å². The predicted octanol–water partition coefficient (Wildman–Crippen LogP) is 0.268. The molecule has 1 heterocycles. The highest BCUT2D eigenvalue weighted by Gasteiger charge is 2.25. The lowest BCUT2D eigenvalue weighted by atomic mass is 10.2. The first kappa shape index (κ1) is 11.8. The average molecular weight is 222 g/mol. The van der Waals surface area contributed by atoms with Gasteiger partial charge in [-0.25, -0.2) is 0 Å². The first-order valence-corrected chi connectivity index (χ1v) is 6.34. The van der Waals surface area contributed by atoms with Crippen molar-refractivity contribution >= 4 is 0 Å².